The smallest absolute Gasteiger partial charge is 0.462 e. The lowest BCUT2D eigenvalue weighted by Gasteiger charge is -2.21. The molecule has 0 bridgehead atoms. The SMILES string of the molecule is CCCCCCCCCCCCCCCCCCCCCCC(=O)O[C@H](COC(=O)CCCCCCCCCCCCCCCCC)COP(=O)(O)OC[C@@H](O)COP(=O)(O)OC[C@@H](COC(=O)CCCCCCCCCCC(C)C)OC(=O)CCCCCCCCCCCCCC(C)C. The van der Waals surface area contributed by atoms with Crippen molar-refractivity contribution in [3.8, 4) is 0 Å². The van der Waals surface area contributed by atoms with Gasteiger partial charge in [0.15, 0.2) is 12.2 Å². The Kier molecular flexibility index (Phi) is 71.2. The van der Waals surface area contributed by atoms with E-state index in [-0.39, 0.29) is 25.7 Å². The van der Waals surface area contributed by atoms with Crippen molar-refractivity contribution in [1.82, 2.24) is 0 Å². The number of aliphatic hydroxyl groups excluding tert-OH is 1. The molecule has 0 aliphatic heterocycles. The van der Waals surface area contributed by atoms with Crippen LogP contribution in [0.15, 0.2) is 0 Å². The average Bonchev–Trinajstić information content (AvgIpc) is 0.955. The highest BCUT2D eigenvalue weighted by atomic mass is 31.2. The zero-order valence-corrected chi connectivity index (χ0v) is 67.3. The van der Waals surface area contributed by atoms with Crippen molar-refractivity contribution in [2.45, 2.75) is 445 Å². The van der Waals surface area contributed by atoms with E-state index in [0.29, 0.717) is 25.7 Å². The van der Waals surface area contributed by atoms with E-state index in [0.717, 1.165) is 102 Å². The lowest BCUT2D eigenvalue weighted by atomic mass is 10.0. The lowest BCUT2D eigenvalue weighted by Crippen LogP contribution is -2.30. The summed E-state index contributed by atoms with van der Waals surface area (Å²) in [4.78, 5) is 73.0. The Morgan fingerprint density at radius 2 is 0.460 bits per heavy atom. The molecule has 19 heteroatoms. The number of ether oxygens (including phenoxy) is 4. The summed E-state index contributed by atoms with van der Waals surface area (Å²) in [5.41, 5.74) is 0. The summed E-state index contributed by atoms with van der Waals surface area (Å²) < 4.78 is 68.7. The number of phosphoric ester groups is 2. The Hall–Kier alpha value is -1.94. The molecule has 0 saturated heterocycles. The average molecular weight is 1470 g/mol. The fourth-order valence-electron chi connectivity index (χ4n) is 12.5. The molecule has 5 atom stereocenters. The number of hydrogen-bond acceptors (Lipinski definition) is 15. The van der Waals surface area contributed by atoms with Crippen molar-refractivity contribution in [1.29, 1.82) is 0 Å². The Balaban J connectivity index is 5.24. The molecule has 0 rings (SSSR count). The second-order valence-electron chi connectivity index (χ2n) is 30.1. The minimum absolute atomic E-state index is 0.106. The summed E-state index contributed by atoms with van der Waals surface area (Å²) in [6.07, 6.45) is 62.5. The Labute approximate surface area is 613 Å². The van der Waals surface area contributed by atoms with Crippen LogP contribution >= 0.6 is 15.6 Å². The fourth-order valence-corrected chi connectivity index (χ4v) is 14.1. The number of rotatable bonds is 80. The second kappa shape index (κ2) is 72.6. The van der Waals surface area contributed by atoms with E-state index in [2.05, 4.69) is 41.5 Å². The van der Waals surface area contributed by atoms with Crippen LogP contribution < -0.4 is 0 Å². The summed E-state index contributed by atoms with van der Waals surface area (Å²) in [7, 11) is -9.92. The van der Waals surface area contributed by atoms with Crippen molar-refractivity contribution in [2.24, 2.45) is 11.8 Å². The van der Waals surface area contributed by atoms with Gasteiger partial charge in [0.05, 0.1) is 26.4 Å². The first kappa shape index (κ1) is 98.1. The van der Waals surface area contributed by atoms with Gasteiger partial charge in [0, 0.05) is 25.7 Å². The number of aliphatic hydroxyl groups is 1. The number of phosphoric acid groups is 2. The molecule has 0 aromatic heterocycles. The first-order valence-electron chi connectivity index (χ1n) is 42.0. The van der Waals surface area contributed by atoms with Gasteiger partial charge >= 0.3 is 39.5 Å². The van der Waals surface area contributed by atoms with Crippen LogP contribution in [0.3, 0.4) is 0 Å². The van der Waals surface area contributed by atoms with E-state index < -0.39 is 97.5 Å². The molecule has 0 radical (unpaired) electrons. The molecule has 17 nitrogen and oxygen atoms in total. The molecule has 100 heavy (non-hydrogen) atoms. The molecule has 2 unspecified atom stereocenters. The number of unbranched alkanes of at least 4 members (excludes halogenated alkanes) is 50. The number of esters is 4. The topological polar surface area (TPSA) is 237 Å². The van der Waals surface area contributed by atoms with Gasteiger partial charge in [-0.1, -0.05) is 375 Å². The second-order valence-corrected chi connectivity index (χ2v) is 33.0. The Bertz CT molecular complexity index is 1920. The quantitative estimate of drug-likeness (QED) is 0.0222. The van der Waals surface area contributed by atoms with E-state index in [1.807, 2.05) is 0 Å². The maximum absolute atomic E-state index is 13.1. The van der Waals surface area contributed by atoms with Crippen molar-refractivity contribution in [3.05, 3.63) is 0 Å². The van der Waals surface area contributed by atoms with E-state index in [9.17, 15) is 43.2 Å². The maximum Gasteiger partial charge on any atom is 0.472 e. The molecule has 0 fully saturated rings. The van der Waals surface area contributed by atoms with Crippen LogP contribution in [-0.4, -0.2) is 96.7 Å². The van der Waals surface area contributed by atoms with Gasteiger partial charge in [-0.25, -0.2) is 9.13 Å². The van der Waals surface area contributed by atoms with Crippen molar-refractivity contribution >= 4 is 39.5 Å². The van der Waals surface area contributed by atoms with Crippen LogP contribution in [0.1, 0.15) is 427 Å². The van der Waals surface area contributed by atoms with Gasteiger partial charge in [0.1, 0.15) is 19.3 Å². The molecular formula is C81H158O17P2. The third-order valence-electron chi connectivity index (χ3n) is 19.0. The van der Waals surface area contributed by atoms with Gasteiger partial charge in [0.25, 0.3) is 0 Å². The number of carbonyl (C=O) groups is 4. The third-order valence-corrected chi connectivity index (χ3v) is 20.9. The molecule has 0 aromatic carbocycles. The zero-order valence-electron chi connectivity index (χ0n) is 65.5. The summed E-state index contributed by atoms with van der Waals surface area (Å²) in [5.74, 6) is -0.617. The molecule has 0 spiro atoms. The van der Waals surface area contributed by atoms with Gasteiger partial charge in [-0.3, -0.25) is 37.3 Å². The molecule has 0 heterocycles. The van der Waals surface area contributed by atoms with Gasteiger partial charge in [-0.15, -0.1) is 0 Å². The van der Waals surface area contributed by atoms with Gasteiger partial charge in [-0.2, -0.15) is 0 Å². The first-order valence-corrected chi connectivity index (χ1v) is 45.0. The molecule has 0 aliphatic carbocycles. The molecule has 0 amide bonds. The predicted octanol–water partition coefficient (Wildman–Crippen LogP) is 24.3. The molecule has 0 saturated carbocycles. The zero-order chi connectivity index (χ0) is 73.5. The van der Waals surface area contributed by atoms with Crippen LogP contribution in [0, 0.1) is 11.8 Å². The van der Waals surface area contributed by atoms with Crippen molar-refractivity contribution in [2.75, 3.05) is 39.6 Å². The minimum atomic E-state index is -4.96. The van der Waals surface area contributed by atoms with E-state index in [4.69, 9.17) is 37.0 Å². The van der Waals surface area contributed by atoms with Crippen LogP contribution in [0.5, 0.6) is 0 Å². The molecule has 594 valence electrons. The van der Waals surface area contributed by atoms with E-state index >= 15 is 0 Å². The van der Waals surface area contributed by atoms with Gasteiger partial charge in [0.2, 0.25) is 0 Å². The third kappa shape index (κ3) is 74.3. The van der Waals surface area contributed by atoms with E-state index in [1.165, 1.54) is 244 Å². The van der Waals surface area contributed by atoms with Gasteiger partial charge < -0.3 is 33.8 Å². The first-order chi connectivity index (χ1) is 48.4. The van der Waals surface area contributed by atoms with E-state index in [1.54, 1.807) is 0 Å². The highest BCUT2D eigenvalue weighted by Crippen LogP contribution is 2.45. The summed E-state index contributed by atoms with van der Waals surface area (Å²) in [6, 6.07) is 0. The van der Waals surface area contributed by atoms with Crippen LogP contribution in [0.25, 0.3) is 0 Å². The number of hydrogen-bond donors (Lipinski definition) is 3. The van der Waals surface area contributed by atoms with Crippen LogP contribution in [0.4, 0.5) is 0 Å². The largest absolute Gasteiger partial charge is 0.472 e. The Morgan fingerprint density at radius 1 is 0.270 bits per heavy atom. The standard InChI is InChI=1S/C81H158O17P2/c1-7-9-11-13-15-17-19-21-23-24-25-26-27-29-31-35-39-47-53-59-65-80(85)97-76(69-91-78(83)63-57-51-45-38-34-30-28-22-20-18-16-14-12-10-8-2)71-95-99(87,88)93-67-75(82)68-94-100(89,90)96-72-77(70-92-79(84)64-58-52-46-42-41-44-50-56-62-74(5)6)98-81(86)66-60-54-48-40-36-32-33-37-43-49-55-61-73(3)4/h73-77,82H,7-72H2,1-6H3,(H,87,88)(H,89,90)/t75-,76-,77-/m1/s1. The summed E-state index contributed by atoms with van der Waals surface area (Å²) >= 11 is 0. The maximum atomic E-state index is 13.1. The van der Waals surface area contributed by atoms with Gasteiger partial charge in [-0.05, 0) is 37.5 Å². The fraction of sp³-hybridized carbons (Fsp3) is 0.951. The summed E-state index contributed by atoms with van der Waals surface area (Å²) in [5, 5.41) is 10.6. The van der Waals surface area contributed by atoms with Crippen molar-refractivity contribution in [3.63, 3.8) is 0 Å². The van der Waals surface area contributed by atoms with Crippen molar-refractivity contribution < 1.29 is 80.2 Å². The molecule has 3 N–H and O–H groups in total. The molecular weight excluding hydrogens is 1310 g/mol. The lowest BCUT2D eigenvalue weighted by molar-refractivity contribution is -0.161. The number of carbonyl (C=O) groups excluding carboxylic acids is 4. The summed E-state index contributed by atoms with van der Waals surface area (Å²) in [6.45, 7) is 9.60. The predicted molar refractivity (Wildman–Crippen MR) is 409 cm³/mol. The van der Waals surface area contributed by atoms with Crippen LogP contribution in [0.2, 0.25) is 0 Å². The monoisotopic (exact) mass is 1470 g/mol. The molecule has 0 aromatic rings. The molecule has 0 aliphatic rings. The minimum Gasteiger partial charge on any atom is -0.462 e. The normalized spacial score (nSPS) is 13.9. The highest BCUT2D eigenvalue weighted by Gasteiger charge is 2.30. The highest BCUT2D eigenvalue weighted by molar-refractivity contribution is 7.47. The van der Waals surface area contributed by atoms with Crippen LogP contribution in [-0.2, 0) is 65.4 Å². The Morgan fingerprint density at radius 3 is 0.680 bits per heavy atom.